The van der Waals surface area contributed by atoms with E-state index >= 15 is 0 Å². The molecule has 0 spiro atoms. The molecule has 2 aliphatic heterocycles. The van der Waals surface area contributed by atoms with Crippen LogP contribution in [-0.4, -0.2) is 59.7 Å². The van der Waals surface area contributed by atoms with Crippen LogP contribution in [0, 0.1) is 46.3 Å². The molecule has 186 valence electrons. The van der Waals surface area contributed by atoms with Gasteiger partial charge in [0.1, 0.15) is 18.1 Å². The largest absolute Gasteiger partial charge is 0.356 e. The molecule has 3 N–H and O–H groups in total. The lowest BCUT2D eigenvalue weighted by Gasteiger charge is -2.34. The Hall–Kier alpha value is -2.63. The smallest absolute Gasteiger partial charge is 0.245 e. The molecular formula is C25H37N5O4. The lowest BCUT2D eigenvalue weighted by Crippen LogP contribution is -2.57. The van der Waals surface area contributed by atoms with E-state index in [0.29, 0.717) is 25.9 Å². The molecule has 1 unspecified atom stereocenters. The van der Waals surface area contributed by atoms with E-state index < -0.39 is 18.1 Å². The van der Waals surface area contributed by atoms with Crippen LogP contribution in [0.1, 0.15) is 59.8 Å². The van der Waals surface area contributed by atoms with Gasteiger partial charge in [0.2, 0.25) is 23.6 Å². The van der Waals surface area contributed by atoms with Crippen molar-refractivity contribution in [3.63, 3.8) is 0 Å². The number of piperidine rings is 1. The van der Waals surface area contributed by atoms with Crippen molar-refractivity contribution in [2.75, 3.05) is 13.1 Å². The van der Waals surface area contributed by atoms with Crippen LogP contribution in [0.25, 0.3) is 0 Å². The van der Waals surface area contributed by atoms with Crippen molar-refractivity contribution in [1.29, 1.82) is 5.26 Å². The first-order chi connectivity index (χ1) is 16.0. The van der Waals surface area contributed by atoms with E-state index in [2.05, 4.69) is 35.9 Å². The number of nitrogens with zero attached hydrogens (tertiary/aromatic N) is 2. The molecule has 4 amide bonds. The molecule has 0 bridgehead atoms. The van der Waals surface area contributed by atoms with Gasteiger partial charge in [-0.15, -0.1) is 0 Å². The highest BCUT2D eigenvalue weighted by atomic mass is 16.2. The SMILES string of the molecule is CC(C)C[C@H](NC(=O)C1CC1)C(=O)N1C[C@H]2[C@@H](C1C(=O)N[C@H](C#N)C[C@@H]1CCNC1=O)C2(C)C. The first-order valence-corrected chi connectivity index (χ1v) is 12.6. The van der Waals surface area contributed by atoms with Gasteiger partial charge in [-0.05, 0) is 55.3 Å². The Balaban J connectivity index is 1.48. The van der Waals surface area contributed by atoms with Gasteiger partial charge in [-0.25, -0.2) is 0 Å². The molecule has 6 atom stereocenters. The molecule has 4 rings (SSSR count). The number of rotatable bonds is 9. The summed E-state index contributed by atoms with van der Waals surface area (Å²) >= 11 is 0. The highest BCUT2D eigenvalue weighted by Crippen LogP contribution is 2.65. The molecule has 0 radical (unpaired) electrons. The monoisotopic (exact) mass is 471 g/mol. The van der Waals surface area contributed by atoms with Crippen molar-refractivity contribution in [3.05, 3.63) is 0 Å². The maximum Gasteiger partial charge on any atom is 0.245 e. The number of likely N-dealkylation sites (tertiary alicyclic amines) is 1. The van der Waals surface area contributed by atoms with Gasteiger partial charge in [0.25, 0.3) is 0 Å². The van der Waals surface area contributed by atoms with Gasteiger partial charge < -0.3 is 20.9 Å². The Morgan fingerprint density at radius 1 is 1.18 bits per heavy atom. The molecule has 2 heterocycles. The fourth-order valence-corrected chi connectivity index (χ4v) is 5.90. The molecule has 9 nitrogen and oxygen atoms in total. The van der Waals surface area contributed by atoms with Gasteiger partial charge >= 0.3 is 0 Å². The maximum atomic E-state index is 13.6. The van der Waals surface area contributed by atoms with E-state index in [-0.39, 0.29) is 65.1 Å². The average molecular weight is 472 g/mol. The molecule has 2 aliphatic carbocycles. The quantitative estimate of drug-likeness (QED) is 0.461. The van der Waals surface area contributed by atoms with E-state index in [4.69, 9.17) is 0 Å². The normalized spacial score (nSPS) is 30.7. The Morgan fingerprint density at radius 2 is 1.88 bits per heavy atom. The molecule has 4 fully saturated rings. The summed E-state index contributed by atoms with van der Waals surface area (Å²) in [5.74, 6) is -0.571. The van der Waals surface area contributed by atoms with Crippen molar-refractivity contribution in [1.82, 2.24) is 20.9 Å². The van der Waals surface area contributed by atoms with Crippen molar-refractivity contribution >= 4 is 23.6 Å². The van der Waals surface area contributed by atoms with Crippen LogP contribution in [0.5, 0.6) is 0 Å². The fraction of sp³-hybridized carbons (Fsp3) is 0.800. The molecule has 4 aliphatic rings. The van der Waals surface area contributed by atoms with Crippen molar-refractivity contribution < 1.29 is 19.2 Å². The topological polar surface area (TPSA) is 131 Å². The highest BCUT2D eigenvalue weighted by Gasteiger charge is 2.69. The van der Waals surface area contributed by atoms with Crippen LogP contribution in [0.4, 0.5) is 0 Å². The number of hydrogen-bond acceptors (Lipinski definition) is 5. The second-order valence-corrected chi connectivity index (χ2v) is 11.6. The number of hydrogen-bond donors (Lipinski definition) is 3. The van der Waals surface area contributed by atoms with Gasteiger partial charge in [0.05, 0.1) is 6.07 Å². The minimum absolute atomic E-state index is 0.00311. The standard InChI is InChI=1S/C25H37N5O4/c1-13(2)9-18(29-22(32)14-5-6-14)24(34)30-12-17-19(25(17,3)4)20(30)23(33)28-16(11-26)10-15-7-8-27-21(15)31/h13-20H,5-10,12H2,1-4H3,(H,27,31)(H,28,33)(H,29,32)/t15-,16-,17-,18-,19-,20?/m0/s1. The van der Waals surface area contributed by atoms with E-state index in [9.17, 15) is 24.4 Å². The van der Waals surface area contributed by atoms with E-state index in [1.54, 1.807) is 4.90 Å². The molecule has 0 aromatic carbocycles. The summed E-state index contributed by atoms with van der Waals surface area (Å²) in [5.41, 5.74) is -0.0585. The lowest BCUT2D eigenvalue weighted by molar-refractivity contribution is -0.143. The number of nitriles is 1. The van der Waals surface area contributed by atoms with Crippen LogP contribution in [0.3, 0.4) is 0 Å². The predicted octanol–water partition coefficient (Wildman–Crippen LogP) is 0.945. The first-order valence-electron chi connectivity index (χ1n) is 12.6. The molecule has 9 heteroatoms. The highest BCUT2D eigenvalue weighted by molar-refractivity contribution is 5.94. The summed E-state index contributed by atoms with van der Waals surface area (Å²) < 4.78 is 0. The minimum Gasteiger partial charge on any atom is -0.356 e. The lowest BCUT2D eigenvalue weighted by atomic mass is 9.96. The molecular weight excluding hydrogens is 434 g/mol. The van der Waals surface area contributed by atoms with Crippen LogP contribution < -0.4 is 16.0 Å². The van der Waals surface area contributed by atoms with Crippen LogP contribution in [0.2, 0.25) is 0 Å². The van der Waals surface area contributed by atoms with Crippen LogP contribution in [-0.2, 0) is 19.2 Å². The maximum absolute atomic E-state index is 13.6. The summed E-state index contributed by atoms with van der Waals surface area (Å²) in [7, 11) is 0. The average Bonchev–Trinajstić information content (AvgIpc) is 3.59. The number of carbonyl (C=O) groups excluding carboxylic acids is 4. The van der Waals surface area contributed by atoms with E-state index in [0.717, 1.165) is 12.8 Å². The third-order valence-corrected chi connectivity index (χ3v) is 8.19. The van der Waals surface area contributed by atoms with E-state index in [1.165, 1.54) is 0 Å². The number of fused-ring (bicyclic) bond motifs is 1. The van der Waals surface area contributed by atoms with Gasteiger partial charge in [0.15, 0.2) is 0 Å². The molecule has 2 saturated carbocycles. The summed E-state index contributed by atoms with van der Waals surface area (Å²) in [4.78, 5) is 53.1. The summed E-state index contributed by atoms with van der Waals surface area (Å²) in [6, 6.07) is 0.0000505. The molecule has 2 saturated heterocycles. The summed E-state index contributed by atoms with van der Waals surface area (Å²) in [5, 5.41) is 18.2. The zero-order valence-corrected chi connectivity index (χ0v) is 20.6. The molecule has 34 heavy (non-hydrogen) atoms. The third-order valence-electron chi connectivity index (χ3n) is 8.19. The van der Waals surface area contributed by atoms with Crippen molar-refractivity contribution in [2.45, 2.75) is 77.9 Å². The molecule has 0 aromatic rings. The zero-order valence-electron chi connectivity index (χ0n) is 20.6. The molecule has 0 aromatic heterocycles. The summed E-state index contributed by atoms with van der Waals surface area (Å²) in [6.07, 6.45) is 3.14. The third kappa shape index (κ3) is 4.77. The Bertz CT molecular complexity index is 905. The Labute approximate surface area is 201 Å². The predicted molar refractivity (Wildman–Crippen MR) is 124 cm³/mol. The Morgan fingerprint density at radius 3 is 2.44 bits per heavy atom. The summed E-state index contributed by atoms with van der Waals surface area (Å²) in [6.45, 7) is 9.29. The number of amides is 4. The number of nitrogens with one attached hydrogen (secondary N) is 3. The second-order valence-electron chi connectivity index (χ2n) is 11.6. The van der Waals surface area contributed by atoms with Gasteiger partial charge in [-0.1, -0.05) is 27.7 Å². The number of carbonyl (C=O) groups is 4. The van der Waals surface area contributed by atoms with E-state index in [1.807, 2.05) is 13.8 Å². The minimum atomic E-state index is -0.791. The first kappa shape index (κ1) is 24.5. The second kappa shape index (κ2) is 9.20. The van der Waals surface area contributed by atoms with Crippen molar-refractivity contribution in [3.8, 4) is 6.07 Å². The van der Waals surface area contributed by atoms with Gasteiger partial charge in [-0.2, -0.15) is 5.26 Å². The van der Waals surface area contributed by atoms with Gasteiger partial charge in [-0.3, -0.25) is 19.2 Å². The van der Waals surface area contributed by atoms with Gasteiger partial charge in [0, 0.05) is 24.9 Å². The van der Waals surface area contributed by atoms with Crippen molar-refractivity contribution in [2.24, 2.45) is 35.0 Å². The fourth-order valence-electron chi connectivity index (χ4n) is 5.90. The van der Waals surface area contributed by atoms with Crippen LogP contribution >= 0.6 is 0 Å². The Kier molecular flexibility index (Phi) is 6.63. The van der Waals surface area contributed by atoms with Crippen LogP contribution in [0.15, 0.2) is 0 Å². The zero-order chi connectivity index (χ0) is 24.8.